The zero-order chi connectivity index (χ0) is 21.7. The van der Waals surface area contributed by atoms with Gasteiger partial charge in [-0.15, -0.1) is 0 Å². The van der Waals surface area contributed by atoms with E-state index < -0.39 is 0 Å². The van der Waals surface area contributed by atoms with Crippen LogP contribution in [0.2, 0.25) is 0 Å². The molecular formula is C27H59NO. The van der Waals surface area contributed by atoms with Crippen molar-refractivity contribution in [3.63, 3.8) is 0 Å². The predicted octanol–water partition coefficient (Wildman–Crippen LogP) is 9.20. The van der Waals surface area contributed by atoms with Gasteiger partial charge in [-0.05, 0) is 25.8 Å². The molecule has 0 heterocycles. The number of ether oxygens (including phenoxy) is 1. The van der Waals surface area contributed by atoms with Crippen molar-refractivity contribution in [1.29, 1.82) is 0 Å². The minimum absolute atomic E-state index is 0.819. The van der Waals surface area contributed by atoms with Crippen LogP contribution in [0.1, 0.15) is 156 Å². The summed E-state index contributed by atoms with van der Waals surface area (Å²) in [7, 11) is 0. The Morgan fingerprint density at radius 1 is 0.379 bits per heavy atom. The third-order valence-corrected chi connectivity index (χ3v) is 5.57. The number of unbranched alkanes of at least 4 members (excludes halogenated alkanes) is 18. The summed E-state index contributed by atoms with van der Waals surface area (Å²) in [5.74, 6) is 0. The second-order valence-electron chi connectivity index (χ2n) is 8.77. The van der Waals surface area contributed by atoms with Crippen LogP contribution in [0, 0.1) is 0 Å². The minimum Gasteiger partial charge on any atom is -0.381 e. The lowest BCUT2D eigenvalue weighted by Gasteiger charge is -2.05. The number of hydrogen-bond acceptors (Lipinski definition) is 2. The van der Waals surface area contributed by atoms with E-state index in [9.17, 15) is 0 Å². The SMILES string of the molecule is CCCCCCCCCCCCOCCCCCCCCCCCC.CCCN. The van der Waals surface area contributed by atoms with Crippen molar-refractivity contribution < 1.29 is 4.74 Å². The van der Waals surface area contributed by atoms with Crippen molar-refractivity contribution in [2.75, 3.05) is 19.8 Å². The summed E-state index contributed by atoms with van der Waals surface area (Å²) in [6.07, 6.45) is 29.3. The van der Waals surface area contributed by atoms with Crippen LogP contribution >= 0.6 is 0 Å². The van der Waals surface area contributed by atoms with E-state index >= 15 is 0 Å². The molecule has 0 aliphatic heterocycles. The third-order valence-electron chi connectivity index (χ3n) is 5.57. The fourth-order valence-electron chi connectivity index (χ4n) is 3.49. The maximum Gasteiger partial charge on any atom is 0.0466 e. The molecule has 0 spiro atoms. The van der Waals surface area contributed by atoms with Gasteiger partial charge in [0.15, 0.2) is 0 Å². The minimum atomic E-state index is 0.819. The van der Waals surface area contributed by atoms with Crippen LogP contribution in [-0.4, -0.2) is 19.8 Å². The van der Waals surface area contributed by atoms with Crippen LogP contribution < -0.4 is 5.73 Å². The molecule has 0 fully saturated rings. The lowest BCUT2D eigenvalue weighted by atomic mass is 10.1. The highest BCUT2D eigenvalue weighted by atomic mass is 16.5. The molecule has 0 aliphatic rings. The van der Waals surface area contributed by atoms with Crippen molar-refractivity contribution in [1.82, 2.24) is 0 Å². The third kappa shape index (κ3) is 35.7. The molecule has 29 heavy (non-hydrogen) atoms. The van der Waals surface area contributed by atoms with E-state index in [-0.39, 0.29) is 0 Å². The normalized spacial score (nSPS) is 10.8. The molecular weight excluding hydrogens is 354 g/mol. The predicted molar refractivity (Wildman–Crippen MR) is 134 cm³/mol. The Hall–Kier alpha value is -0.0800. The molecule has 0 saturated carbocycles. The van der Waals surface area contributed by atoms with Gasteiger partial charge in [-0.3, -0.25) is 0 Å². The van der Waals surface area contributed by atoms with E-state index in [1.165, 1.54) is 128 Å². The summed E-state index contributed by atoms with van der Waals surface area (Å²) in [6.45, 7) is 9.44. The van der Waals surface area contributed by atoms with Crippen LogP contribution in [0.3, 0.4) is 0 Å². The second-order valence-corrected chi connectivity index (χ2v) is 8.77. The zero-order valence-corrected chi connectivity index (χ0v) is 21.0. The first-order chi connectivity index (χ1) is 14.3. The summed E-state index contributed by atoms with van der Waals surface area (Å²) in [5.41, 5.74) is 5.03. The number of hydrogen-bond donors (Lipinski definition) is 1. The fourth-order valence-corrected chi connectivity index (χ4v) is 3.49. The quantitative estimate of drug-likeness (QED) is 0.169. The average molecular weight is 414 g/mol. The van der Waals surface area contributed by atoms with Gasteiger partial charge < -0.3 is 10.5 Å². The summed E-state index contributed by atoms with van der Waals surface area (Å²) in [5, 5.41) is 0. The monoisotopic (exact) mass is 413 g/mol. The van der Waals surface area contributed by atoms with E-state index in [1.54, 1.807) is 0 Å². The standard InChI is InChI=1S/C24H50O.C3H9N/c1-3-5-7-9-11-13-15-17-19-21-23-25-24-22-20-18-16-14-12-10-8-6-4-2;1-2-3-4/h3-24H2,1-2H3;2-4H2,1H3. The Kier molecular flexibility index (Phi) is 35.0. The molecule has 0 rings (SSSR count). The van der Waals surface area contributed by atoms with Crippen molar-refractivity contribution in [2.45, 2.75) is 156 Å². The Labute approximate surface area is 186 Å². The highest BCUT2D eigenvalue weighted by Crippen LogP contribution is 2.12. The molecule has 0 saturated heterocycles. The first-order valence-electron chi connectivity index (χ1n) is 13.6. The molecule has 0 aliphatic carbocycles. The summed E-state index contributed by atoms with van der Waals surface area (Å²) in [6, 6.07) is 0. The Morgan fingerprint density at radius 3 is 0.862 bits per heavy atom. The fraction of sp³-hybridized carbons (Fsp3) is 1.00. The van der Waals surface area contributed by atoms with E-state index in [2.05, 4.69) is 20.8 Å². The van der Waals surface area contributed by atoms with Crippen LogP contribution in [-0.2, 0) is 4.74 Å². The van der Waals surface area contributed by atoms with Gasteiger partial charge in [0.1, 0.15) is 0 Å². The van der Waals surface area contributed by atoms with Crippen LogP contribution in [0.25, 0.3) is 0 Å². The molecule has 2 nitrogen and oxygen atoms in total. The van der Waals surface area contributed by atoms with E-state index in [0.717, 1.165) is 26.2 Å². The van der Waals surface area contributed by atoms with Crippen molar-refractivity contribution >= 4 is 0 Å². The van der Waals surface area contributed by atoms with Crippen molar-refractivity contribution in [3.05, 3.63) is 0 Å². The summed E-state index contributed by atoms with van der Waals surface area (Å²) >= 11 is 0. The lowest BCUT2D eigenvalue weighted by Crippen LogP contribution is -1.97. The summed E-state index contributed by atoms with van der Waals surface area (Å²) in [4.78, 5) is 0. The number of nitrogens with two attached hydrogens (primary N) is 1. The largest absolute Gasteiger partial charge is 0.381 e. The molecule has 178 valence electrons. The molecule has 0 radical (unpaired) electrons. The van der Waals surface area contributed by atoms with E-state index in [0.29, 0.717) is 0 Å². The van der Waals surface area contributed by atoms with Gasteiger partial charge in [-0.25, -0.2) is 0 Å². The first kappa shape index (κ1) is 31.1. The molecule has 0 aromatic rings. The smallest absolute Gasteiger partial charge is 0.0466 e. The molecule has 2 N–H and O–H groups in total. The van der Waals surface area contributed by atoms with Gasteiger partial charge >= 0.3 is 0 Å². The maximum atomic E-state index is 5.78. The summed E-state index contributed by atoms with van der Waals surface area (Å²) < 4.78 is 5.78. The van der Waals surface area contributed by atoms with E-state index in [4.69, 9.17) is 10.5 Å². The van der Waals surface area contributed by atoms with Gasteiger partial charge in [-0.2, -0.15) is 0 Å². The van der Waals surface area contributed by atoms with Crippen molar-refractivity contribution in [3.8, 4) is 0 Å². The second kappa shape index (κ2) is 32.6. The van der Waals surface area contributed by atoms with Crippen LogP contribution in [0.5, 0.6) is 0 Å². The van der Waals surface area contributed by atoms with Crippen molar-refractivity contribution in [2.24, 2.45) is 5.73 Å². The molecule has 0 amide bonds. The van der Waals surface area contributed by atoms with Gasteiger partial charge in [0, 0.05) is 13.2 Å². The van der Waals surface area contributed by atoms with E-state index in [1.807, 2.05) is 0 Å². The van der Waals surface area contributed by atoms with Gasteiger partial charge in [0.25, 0.3) is 0 Å². The molecule has 0 atom stereocenters. The van der Waals surface area contributed by atoms with Gasteiger partial charge in [0.2, 0.25) is 0 Å². The molecule has 0 aromatic carbocycles. The van der Waals surface area contributed by atoms with Crippen LogP contribution in [0.15, 0.2) is 0 Å². The molecule has 0 aromatic heterocycles. The Morgan fingerprint density at radius 2 is 0.621 bits per heavy atom. The molecule has 0 unspecified atom stereocenters. The topological polar surface area (TPSA) is 35.2 Å². The Bertz CT molecular complexity index is 221. The van der Waals surface area contributed by atoms with Gasteiger partial charge in [-0.1, -0.05) is 136 Å². The average Bonchev–Trinajstić information content (AvgIpc) is 2.75. The Balaban J connectivity index is 0. The zero-order valence-electron chi connectivity index (χ0n) is 21.0. The molecule has 0 bridgehead atoms. The molecule has 2 heteroatoms. The maximum absolute atomic E-state index is 5.78. The lowest BCUT2D eigenvalue weighted by molar-refractivity contribution is 0.125. The van der Waals surface area contributed by atoms with Crippen LogP contribution in [0.4, 0.5) is 0 Å². The van der Waals surface area contributed by atoms with Gasteiger partial charge in [0.05, 0.1) is 0 Å². The highest BCUT2D eigenvalue weighted by Gasteiger charge is 1.95. The number of rotatable bonds is 23. The highest BCUT2D eigenvalue weighted by molar-refractivity contribution is 4.49. The first-order valence-corrected chi connectivity index (χ1v) is 13.6.